The second-order valence-corrected chi connectivity index (χ2v) is 1.26. The highest BCUT2D eigenvalue weighted by atomic mass is 19.2. The van der Waals surface area contributed by atoms with Crippen molar-refractivity contribution < 1.29 is 13.5 Å². The van der Waals surface area contributed by atoms with E-state index in [0.29, 0.717) is 0 Å². The van der Waals surface area contributed by atoms with Crippen molar-refractivity contribution >= 4 is 0 Å². The van der Waals surface area contributed by atoms with Crippen LogP contribution in [0.15, 0.2) is 0 Å². The maximum absolute atomic E-state index is 11.7. The van der Waals surface area contributed by atoms with Gasteiger partial charge in [-0.2, -0.15) is 0 Å². The quantitative estimate of drug-likeness (QED) is 0.520. The van der Waals surface area contributed by atoms with Crippen molar-refractivity contribution in [3.8, 4) is 0 Å². The van der Waals surface area contributed by atoms with Gasteiger partial charge in [-0.25, -0.2) is 8.78 Å². The predicted octanol–water partition coefficient (Wildman–Crippen LogP) is 1.29. The monoisotopic (exact) mass is 110 g/mol. The molecule has 44 valence electrons. The zero-order valence-corrected chi connectivity index (χ0v) is 4.32. The lowest BCUT2D eigenvalue weighted by molar-refractivity contribution is -0.0544. The van der Waals surface area contributed by atoms with Gasteiger partial charge in [-0.1, -0.05) is 0 Å². The molecule has 0 rings (SSSR count). The van der Waals surface area contributed by atoms with E-state index < -0.39 is 12.5 Å². The summed E-state index contributed by atoms with van der Waals surface area (Å²) in [6, 6.07) is 0. The second-order valence-electron chi connectivity index (χ2n) is 1.26. The summed E-state index contributed by atoms with van der Waals surface area (Å²) in [5.41, 5.74) is 0. The van der Waals surface area contributed by atoms with Gasteiger partial charge in [-0.05, 0) is 6.92 Å². The number of hydrogen-bond donors (Lipinski definition) is 0. The Labute approximate surface area is 41.3 Å². The van der Waals surface area contributed by atoms with Gasteiger partial charge in [0.25, 0.3) is 0 Å². The molecule has 2 unspecified atom stereocenters. The van der Waals surface area contributed by atoms with Crippen molar-refractivity contribution in [1.82, 2.24) is 0 Å². The van der Waals surface area contributed by atoms with Gasteiger partial charge in [-0.3, -0.25) is 0 Å². The normalized spacial score (nSPS) is 18.9. The zero-order valence-electron chi connectivity index (χ0n) is 4.32. The van der Waals surface area contributed by atoms with Crippen molar-refractivity contribution in [2.75, 3.05) is 7.11 Å². The van der Waals surface area contributed by atoms with E-state index in [1.807, 2.05) is 0 Å². The largest absolute Gasteiger partial charge is 0.349 e. The first-order valence-corrected chi connectivity index (χ1v) is 1.99. The van der Waals surface area contributed by atoms with E-state index in [1.54, 1.807) is 0 Å². The van der Waals surface area contributed by atoms with Crippen molar-refractivity contribution in [2.24, 2.45) is 0 Å². The standard InChI is InChI=1S/C4H8F2O/c1-3(5)4(6)7-2/h3-4H,1-2H3. The zero-order chi connectivity index (χ0) is 5.86. The summed E-state index contributed by atoms with van der Waals surface area (Å²) in [4.78, 5) is 0. The molecular formula is C4H8F2O. The van der Waals surface area contributed by atoms with Gasteiger partial charge >= 0.3 is 0 Å². The summed E-state index contributed by atoms with van der Waals surface area (Å²) in [6.07, 6.45) is -3.29. The number of alkyl halides is 2. The highest BCUT2D eigenvalue weighted by Gasteiger charge is 2.11. The maximum atomic E-state index is 11.7. The van der Waals surface area contributed by atoms with Crippen LogP contribution < -0.4 is 0 Å². The molecule has 1 nitrogen and oxygen atoms in total. The molecule has 0 aromatic heterocycles. The molecule has 0 aromatic carbocycles. The summed E-state index contributed by atoms with van der Waals surface area (Å²) in [5, 5.41) is 0. The highest BCUT2D eigenvalue weighted by molar-refractivity contribution is 4.47. The van der Waals surface area contributed by atoms with Crippen LogP contribution in [0, 0.1) is 0 Å². The molecule has 0 amide bonds. The molecule has 0 saturated heterocycles. The van der Waals surface area contributed by atoms with Gasteiger partial charge in [0, 0.05) is 7.11 Å². The fourth-order valence-corrected chi connectivity index (χ4v) is 0.188. The Morgan fingerprint density at radius 2 is 1.86 bits per heavy atom. The molecule has 0 heterocycles. The lowest BCUT2D eigenvalue weighted by Crippen LogP contribution is -2.14. The van der Waals surface area contributed by atoms with E-state index in [9.17, 15) is 8.78 Å². The first-order valence-electron chi connectivity index (χ1n) is 1.99. The Balaban J connectivity index is 3.14. The molecule has 7 heavy (non-hydrogen) atoms. The topological polar surface area (TPSA) is 9.23 Å². The van der Waals surface area contributed by atoms with Crippen molar-refractivity contribution in [3.05, 3.63) is 0 Å². The molecule has 2 atom stereocenters. The molecule has 0 bridgehead atoms. The highest BCUT2D eigenvalue weighted by Crippen LogP contribution is 2.01. The fraction of sp³-hybridized carbons (Fsp3) is 1.00. The molecule has 3 heteroatoms. The fourth-order valence-electron chi connectivity index (χ4n) is 0.188. The van der Waals surface area contributed by atoms with Crippen LogP contribution in [0.1, 0.15) is 6.92 Å². The summed E-state index contributed by atoms with van der Waals surface area (Å²) in [6.45, 7) is 1.11. The van der Waals surface area contributed by atoms with Crippen LogP contribution in [-0.2, 0) is 4.74 Å². The number of ether oxygens (including phenoxy) is 1. The SMILES string of the molecule is COC(F)C(C)F. The lowest BCUT2D eigenvalue weighted by Gasteiger charge is -2.03. The average Bonchev–Trinajstić information content (AvgIpc) is 1.65. The van der Waals surface area contributed by atoms with Gasteiger partial charge in [-0.15, -0.1) is 0 Å². The van der Waals surface area contributed by atoms with E-state index in [4.69, 9.17) is 0 Å². The summed E-state index contributed by atoms with van der Waals surface area (Å²) in [7, 11) is 1.13. The molecule has 0 aliphatic heterocycles. The minimum Gasteiger partial charge on any atom is -0.349 e. The second kappa shape index (κ2) is 2.91. The Morgan fingerprint density at radius 3 is 1.86 bits per heavy atom. The molecule has 0 N–H and O–H groups in total. The molecular weight excluding hydrogens is 102 g/mol. The molecule has 0 fully saturated rings. The van der Waals surface area contributed by atoms with E-state index in [-0.39, 0.29) is 0 Å². The van der Waals surface area contributed by atoms with Crippen LogP contribution in [0.4, 0.5) is 8.78 Å². The summed E-state index contributed by atoms with van der Waals surface area (Å²) >= 11 is 0. The third-order valence-electron chi connectivity index (χ3n) is 0.586. The third kappa shape index (κ3) is 2.51. The van der Waals surface area contributed by atoms with E-state index in [0.717, 1.165) is 14.0 Å². The number of rotatable bonds is 2. The Hall–Kier alpha value is -0.180. The number of hydrogen-bond acceptors (Lipinski definition) is 1. The third-order valence-corrected chi connectivity index (χ3v) is 0.586. The van der Waals surface area contributed by atoms with Crippen LogP contribution in [-0.4, -0.2) is 19.6 Å². The Morgan fingerprint density at radius 1 is 1.43 bits per heavy atom. The average molecular weight is 110 g/mol. The molecule has 0 radical (unpaired) electrons. The van der Waals surface area contributed by atoms with Gasteiger partial charge in [0.15, 0.2) is 6.17 Å². The minimum atomic E-state index is -1.76. The van der Waals surface area contributed by atoms with Gasteiger partial charge in [0.1, 0.15) is 0 Å². The number of methoxy groups -OCH3 is 1. The van der Waals surface area contributed by atoms with Crippen LogP contribution in [0.25, 0.3) is 0 Å². The summed E-state index contributed by atoms with van der Waals surface area (Å²) in [5.74, 6) is 0. The van der Waals surface area contributed by atoms with Crippen LogP contribution in [0.3, 0.4) is 0 Å². The molecule has 0 saturated carbocycles. The Bertz CT molecular complexity index is 47.0. The van der Waals surface area contributed by atoms with Crippen molar-refractivity contribution in [1.29, 1.82) is 0 Å². The van der Waals surface area contributed by atoms with Crippen molar-refractivity contribution in [2.45, 2.75) is 19.5 Å². The number of halogens is 2. The Kier molecular flexibility index (Phi) is 2.83. The van der Waals surface area contributed by atoms with Crippen molar-refractivity contribution in [3.63, 3.8) is 0 Å². The van der Waals surface area contributed by atoms with Gasteiger partial charge < -0.3 is 4.74 Å². The first-order chi connectivity index (χ1) is 3.18. The van der Waals surface area contributed by atoms with Gasteiger partial charge in [0.2, 0.25) is 6.36 Å². The smallest absolute Gasteiger partial charge is 0.229 e. The molecule has 0 aromatic rings. The van der Waals surface area contributed by atoms with Crippen LogP contribution in [0.5, 0.6) is 0 Å². The van der Waals surface area contributed by atoms with E-state index >= 15 is 0 Å². The first kappa shape index (κ1) is 6.82. The summed E-state index contributed by atoms with van der Waals surface area (Å²) < 4.78 is 27.2. The van der Waals surface area contributed by atoms with Crippen LogP contribution in [0.2, 0.25) is 0 Å². The predicted molar refractivity (Wildman–Crippen MR) is 22.5 cm³/mol. The minimum absolute atomic E-state index is 1.11. The lowest BCUT2D eigenvalue weighted by atomic mass is 10.4. The van der Waals surface area contributed by atoms with Crippen LogP contribution >= 0.6 is 0 Å². The maximum Gasteiger partial charge on any atom is 0.229 e. The molecule has 0 aliphatic rings. The molecule has 0 aliphatic carbocycles. The molecule has 0 spiro atoms. The van der Waals surface area contributed by atoms with Gasteiger partial charge in [0.05, 0.1) is 0 Å². The van der Waals surface area contributed by atoms with E-state index in [2.05, 4.69) is 4.74 Å². The van der Waals surface area contributed by atoms with E-state index in [1.165, 1.54) is 0 Å².